The van der Waals surface area contributed by atoms with E-state index in [1.807, 2.05) is 18.2 Å². The molecule has 2 heterocycles. The molecule has 22 heavy (non-hydrogen) atoms. The maximum absolute atomic E-state index is 12.0. The van der Waals surface area contributed by atoms with E-state index in [4.69, 9.17) is 9.84 Å². The van der Waals surface area contributed by atoms with Crippen LogP contribution in [0.4, 0.5) is 0 Å². The van der Waals surface area contributed by atoms with Crippen LogP contribution in [0.1, 0.15) is 18.4 Å². The van der Waals surface area contributed by atoms with E-state index in [1.54, 1.807) is 0 Å². The van der Waals surface area contributed by atoms with Crippen LogP contribution in [0.25, 0.3) is 0 Å². The third-order valence-corrected chi connectivity index (χ3v) is 4.57. The Hall–Kier alpha value is -1.59. The highest BCUT2D eigenvalue weighted by Crippen LogP contribution is 2.27. The standard InChI is InChI=1S/C17H24N2O3/c20-12-13-5-7-19(8-6-13)11-17(21)18-10-15-9-14-3-1-2-4-16(14)22-15/h1-4,13,15,20H,5-12H2,(H,18,21). The van der Waals surface area contributed by atoms with E-state index in [2.05, 4.69) is 16.3 Å². The molecular formula is C17H24N2O3. The minimum atomic E-state index is 0.0430. The number of nitrogens with one attached hydrogen (secondary N) is 1. The summed E-state index contributed by atoms with van der Waals surface area (Å²) in [5.41, 5.74) is 1.22. The summed E-state index contributed by atoms with van der Waals surface area (Å²) in [6.07, 6.45) is 2.86. The molecule has 1 saturated heterocycles. The number of benzene rings is 1. The molecule has 0 saturated carbocycles. The highest BCUT2D eigenvalue weighted by Gasteiger charge is 2.24. The average molecular weight is 304 g/mol. The third kappa shape index (κ3) is 3.78. The van der Waals surface area contributed by atoms with Gasteiger partial charge in [0.15, 0.2) is 0 Å². The van der Waals surface area contributed by atoms with Gasteiger partial charge in [0, 0.05) is 13.0 Å². The van der Waals surface area contributed by atoms with Crippen LogP contribution in [0, 0.1) is 5.92 Å². The van der Waals surface area contributed by atoms with E-state index in [-0.39, 0.29) is 18.6 Å². The number of hydrogen-bond donors (Lipinski definition) is 2. The first-order valence-corrected chi connectivity index (χ1v) is 8.09. The van der Waals surface area contributed by atoms with Gasteiger partial charge in [0.05, 0.1) is 13.1 Å². The van der Waals surface area contributed by atoms with Gasteiger partial charge >= 0.3 is 0 Å². The molecule has 3 rings (SSSR count). The van der Waals surface area contributed by atoms with Gasteiger partial charge in [-0.1, -0.05) is 18.2 Å². The van der Waals surface area contributed by atoms with Crippen molar-refractivity contribution in [3.8, 4) is 5.75 Å². The first-order chi connectivity index (χ1) is 10.7. The fourth-order valence-corrected chi connectivity index (χ4v) is 3.18. The Bertz CT molecular complexity index is 487. The largest absolute Gasteiger partial charge is 0.488 e. The third-order valence-electron chi connectivity index (χ3n) is 4.57. The Balaban J connectivity index is 1.37. The van der Waals surface area contributed by atoms with Gasteiger partial charge in [-0.25, -0.2) is 0 Å². The Morgan fingerprint density at radius 2 is 2.09 bits per heavy atom. The van der Waals surface area contributed by atoms with E-state index in [0.717, 1.165) is 38.1 Å². The number of ether oxygens (including phenoxy) is 1. The molecule has 5 heteroatoms. The van der Waals surface area contributed by atoms with Crippen LogP contribution >= 0.6 is 0 Å². The molecule has 5 nitrogen and oxygen atoms in total. The number of rotatable bonds is 5. The van der Waals surface area contributed by atoms with E-state index in [0.29, 0.717) is 19.0 Å². The number of aliphatic hydroxyl groups excluding tert-OH is 1. The second kappa shape index (κ2) is 7.11. The van der Waals surface area contributed by atoms with Crippen molar-refractivity contribution in [2.24, 2.45) is 5.92 Å². The molecule has 0 bridgehead atoms. The van der Waals surface area contributed by atoms with Crippen LogP contribution < -0.4 is 10.1 Å². The highest BCUT2D eigenvalue weighted by atomic mass is 16.5. The summed E-state index contributed by atoms with van der Waals surface area (Å²) >= 11 is 0. The number of para-hydroxylation sites is 1. The molecule has 1 fully saturated rings. The summed E-state index contributed by atoms with van der Waals surface area (Å²) in [5.74, 6) is 1.40. The predicted molar refractivity (Wildman–Crippen MR) is 83.8 cm³/mol. The van der Waals surface area contributed by atoms with Crippen LogP contribution in [0.15, 0.2) is 24.3 Å². The van der Waals surface area contributed by atoms with E-state index < -0.39 is 0 Å². The molecule has 0 aromatic heterocycles. The number of likely N-dealkylation sites (tertiary alicyclic amines) is 1. The molecule has 1 amide bonds. The molecule has 1 aromatic carbocycles. The maximum Gasteiger partial charge on any atom is 0.234 e. The number of piperidine rings is 1. The lowest BCUT2D eigenvalue weighted by Crippen LogP contribution is -2.44. The first-order valence-electron chi connectivity index (χ1n) is 8.09. The van der Waals surface area contributed by atoms with Gasteiger partial charge in [-0.2, -0.15) is 0 Å². The van der Waals surface area contributed by atoms with Crippen molar-refractivity contribution < 1.29 is 14.6 Å². The number of nitrogens with zero attached hydrogens (tertiary/aromatic N) is 1. The van der Waals surface area contributed by atoms with Crippen molar-refractivity contribution in [2.75, 3.05) is 32.8 Å². The van der Waals surface area contributed by atoms with Crippen molar-refractivity contribution in [3.05, 3.63) is 29.8 Å². The first kappa shape index (κ1) is 15.3. The number of carbonyl (C=O) groups excluding carboxylic acids is 1. The summed E-state index contributed by atoms with van der Waals surface area (Å²) in [5, 5.41) is 12.1. The van der Waals surface area contributed by atoms with Crippen LogP contribution in [0.2, 0.25) is 0 Å². The van der Waals surface area contributed by atoms with Crippen LogP contribution in [0.3, 0.4) is 0 Å². The van der Waals surface area contributed by atoms with Gasteiger partial charge in [-0.15, -0.1) is 0 Å². The molecule has 1 atom stereocenters. The minimum Gasteiger partial charge on any atom is -0.488 e. The van der Waals surface area contributed by atoms with Gasteiger partial charge in [0.1, 0.15) is 11.9 Å². The van der Waals surface area contributed by atoms with Crippen LogP contribution in [0.5, 0.6) is 5.75 Å². The lowest BCUT2D eigenvalue weighted by Gasteiger charge is -2.30. The lowest BCUT2D eigenvalue weighted by atomic mass is 9.98. The van der Waals surface area contributed by atoms with E-state index in [1.165, 1.54) is 5.56 Å². The molecule has 0 aliphatic carbocycles. The Kier molecular flexibility index (Phi) is 4.95. The summed E-state index contributed by atoms with van der Waals surface area (Å²) in [4.78, 5) is 14.2. The quantitative estimate of drug-likeness (QED) is 0.845. The van der Waals surface area contributed by atoms with E-state index in [9.17, 15) is 4.79 Å². The Labute approximate surface area is 131 Å². The second-order valence-electron chi connectivity index (χ2n) is 6.26. The van der Waals surface area contributed by atoms with E-state index >= 15 is 0 Å². The van der Waals surface area contributed by atoms with Crippen molar-refractivity contribution in [1.82, 2.24) is 10.2 Å². The summed E-state index contributed by atoms with van der Waals surface area (Å²) in [6, 6.07) is 8.03. The zero-order valence-corrected chi connectivity index (χ0v) is 12.8. The van der Waals surface area contributed by atoms with Crippen molar-refractivity contribution in [1.29, 1.82) is 0 Å². The Morgan fingerprint density at radius 3 is 2.82 bits per heavy atom. The monoisotopic (exact) mass is 304 g/mol. The van der Waals surface area contributed by atoms with Gasteiger partial charge in [-0.3, -0.25) is 9.69 Å². The van der Waals surface area contributed by atoms with Crippen LogP contribution in [-0.2, 0) is 11.2 Å². The van der Waals surface area contributed by atoms with Gasteiger partial charge < -0.3 is 15.2 Å². The van der Waals surface area contributed by atoms with Gasteiger partial charge in [0.2, 0.25) is 5.91 Å². The molecule has 120 valence electrons. The SMILES string of the molecule is O=C(CN1CCC(CO)CC1)NCC1Cc2ccccc2O1. The molecule has 2 aliphatic heterocycles. The number of fused-ring (bicyclic) bond motifs is 1. The molecular weight excluding hydrogens is 280 g/mol. The number of amides is 1. The summed E-state index contributed by atoms with van der Waals surface area (Å²) < 4.78 is 5.82. The smallest absolute Gasteiger partial charge is 0.234 e. The van der Waals surface area contributed by atoms with Crippen molar-refractivity contribution in [3.63, 3.8) is 0 Å². The van der Waals surface area contributed by atoms with Crippen LogP contribution in [-0.4, -0.2) is 54.8 Å². The number of aliphatic hydroxyl groups is 1. The molecule has 2 aliphatic rings. The van der Waals surface area contributed by atoms with Crippen molar-refractivity contribution in [2.45, 2.75) is 25.4 Å². The number of hydrogen-bond acceptors (Lipinski definition) is 4. The zero-order valence-electron chi connectivity index (χ0n) is 12.8. The molecule has 1 aromatic rings. The van der Waals surface area contributed by atoms with Crippen molar-refractivity contribution >= 4 is 5.91 Å². The average Bonchev–Trinajstić information content (AvgIpc) is 2.96. The molecule has 1 unspecified atom stereocenters. The zero-order chi connectivity index (χ0) is 15.4. The number of carbonyl (C=O) groups is 1. The molecule has 2 N–H and O–H groups in total. The second-order valence-corrected chi connectivity index (χ2v) is 6.26. The van der Waals surface area contributed by atoms with Gasteiger partial charge in [-0.05, 0) is 43.5 Å². The fraction of sp³-hybridized carbons (Fsp3) is 0.588. The van der Waals surface area contributed by atoms with Gasteiger partial charge in [0.25, 0.3) is 0 Å². The Morgan fingerprint density at radius 1 is 1.32 bits per heavy atom. The normalized spacial score (nSPS) is 22.1. The molecule has 0 spiro atoms. The fourth-order valence-electron chi connectivity index (χ4n) is 3.18. The topological polar surface area (TPSA) is 61.8 Å². The summed E-state index contributed by atoms with van der Waals surface area (Å²) in [6.45, 7) is 3.05. The maximum atomic E-state index is 12.0. The highest BCUT2D eigenvalue weighted by molar-refractivity contribution is 5.78. The molecule has 0 radical (unpaired) electrons. The lowest BCUT2D eigenvalue weighted by molar-refractivity contribution is -0.122. The minimum absolute atomic E-state index is 0.0430. The predicted octanol–water partition coefficient (Wildman–Crippen LogP) is 0.811. The summed E-state index contributed by atoms with van der Waals surface area (Å²) in [7, 11) is 0.